The van der Waals surface area contributed by atoms with E-state index in [1.807, 2.05) is 0 Å². The summed E-state index contributed by atoms with van der Waals surface area (Å²) in [4.78, 5) is 11.6. The molecule has 1 N–H and O–H groups in total. The van der Waals surface area contributed by atoms with Crippen molar-refractivity contribution in [3.8, 4) is 5.75 Å². The summed E-state index contributed by atoms with van der Waals surface area (Å²) in [6.07, 6.45) is 1.22. The molecule has 0 atom stereocenters. The van der Waals surface area contributed by atoms with Gasteiger partial charge in [-0.15, -0.1) is 0 Å². The minimum atomic E-state index is -0.480. The number of carbonyl (C=O) groups excluding carboxylic acids is 1. The molecule has 2 rings (SSSR count). The number of carbonyl (C=O) groups is 1. The van der Waals surface area contributed by atoms with Crippen molar-refractivity contribution < 1.29 is 13.9 Å². The molecule has 0 aliphatic carbocycles. The van der Waals surface area contributed by atoms with Crippen molar-refractivity contribution >= 4 is 39.7 Å². The second-order valence-corrected chi connectivity index (χ2v) is 5.50. The van der Waals surface area contributed by atoms with E-state index in [0.29, 0.717) is 10.8 Å². The molecular weight excluding hydrogens is 375 g/mol. The molecule has 0 unspecified atom stereocenters. The highest BCUT2D eigenvalue weighted by Gasteiger charge is 2.05. The van der Waals surface area contributed by atoms with Crippen LogP contribution in [0.1, 0.15) is 5.56 Å². The first-order chi connectivity index (χ1) is 10.6. The van der Waals surface area contributed by atoms with Gasteiger partial charge in [0.2, 0.25) is 0 Å². The fraction of sp³-hybridized carbons (Fsp3) is 0.0667. The van der Waals surface area contributed by atoms with Gasteiger partial charge in [-0.2, -0.15) is 5.10 Å². The fourth-order valence-electron chi connectivity index (χ4n) is 1.52. The first kappa shape index (κ1) is 16.5. The summed E-state index contributed by atoms with van der Waals surface area (Å²) in [5.74, 6) is -0.511. The van der Waals surface area contributed by atoms with Crippen LogP contribution < -0.4 is 10.2 Å². The lowest BCUT2D eigenvalue weighted by Gasteiger charge is -2.07. The second-order valence-electron chi connectivity index (χ2n) is 4.18. The van der Waals surface area contributed by atoms with E-state index in [1.165, 1.54) is 12.3 Å². The monoisotopic (exact) mass is 384 g/mol. The predicted octanol–water partition coefficient (Wildman–Crippen LogP) is 3.77. The quantitative estimate of drug-likeness (QED) is 0.629. The van der Waals surface area contributed by atoms with E-state index < -0.39 is 11.7 Å². The summed E-state index contributed by atoms with van der Waals surface area (Å²) < 4.78 is 19.4. The van der Waals surface area contributed by atoms with Crippen LogP contribution in [0.15, 0.2) is 52.0 Å². The Bertz CT molecular complexity index is 710. The van der Waals surface area contributed by atoms with Crippen LogP contribution in [0, 0.1) is 5.82 Å². The van der Waals surface area contributed by atoms with Crippen LogP contribution in [0.2, 0.25) is 5.02 Å². The molecule has 1 amide bonds. The van der Waals surface area contributed by atoms with E-state index in [4.69, 9.17) is 16.3 Å². The summed E-state index contributed by atoms with van der Waals surface area (Å²) in [5.41, 5.74) is 2.52. The maximum Gasteiger partial charge on any atom is 0.277 e. The number of hydrogen-bond donors (Lipinski definition) is 1. The maximum atomic E-state index is 13.3. The van der Waals surface area contributed by atoms with Gasteiger partial charge >= 0.3 is 0 Å². The third kappa shape index (κ3) is 4.82. The molecule has 2 aromatic rings. The van der Waals surface area contributed by atoms with Crippen molar-refractivity contribution in [2.75, 3.05) is 6.61 Å². The van der Waals surface area contributed by atoms with Crippen LogP contribution >= 0.6 is 27.5 Å². The van der Waals surface area contributed by atoms with Crippen molar-refractivity contribution in [1.82, 2.24) is 5.43 Å². The van der Waals surface area contributed by atoms with Gasteiger partial charge in [0.1, 0.15) is 11.6 Å². The number of benzene rings is 2. The maximum absolute atomic E-state index is 13.3. The molecular formula is C15H11BrClFN2O2. The summed E-state index contributed by atoms with van der Waals surface area (Å²) in [6.45, 7) is -0.254. The Kier molecular flexibility index (Phi) is 5.91. The Morgan fingerprint density at radius 1 is 1.36 bits per heavy atom. The lowest BCUT2D eigenvalue weighted by molar-refractivity contribution is -0.123. The molecule has 0 spiro atoms. The van der Waals surface area contributed by atoms with E-state index in [2.05, 4.69) is 26.5 Å². The van der Waals surface area contributed by atoms with Gasteiger partial charge < -0.3 is 4.74 Å². The molecule has 114 valence electrons. The molecule has 0 radical (unpaired) electrons. The Hall–Kier alpha value is -1.92. The number of nitrogens with one attached hydrogen (secondary N) is 1. The fourth-order valence-corrected chi connectivity index (χ4v) is 2.25. The highest BCUT2D eigenvalue weighted by molar-refractivity contribution is 9.10. The number of ether oxygens (including phenoxy) is 1. The van der Waals surface area contributed by atoms with Crippen LogP contribution in [0.4, 0.5) is 4.39 Å². The van der Waals surface area contributed by atoms with E-state index >= 15 is 0 Å². The van der Waals surface area contributed by atoms with Gasteiger partial charge in [0.05, 0.1) is 11.2 Å². The van der Waals surface area contributed by atoms with E-state index in [0.717, 1.165) is 4.47 Å². The zero-order chi connectivity index (χ0) is 15.9. The normalized spacial score (nSPS) is 10.7. The third-order valence-electron chi connectivity index (χ3n) is 2.55. The molecule has 0 aliphatic rings. The Labute approximate surface area is 140 Å². The first-order valence-corrected chi connectivity index (χ1v) is 7.37. The molecule has 0 aliphatic heterocycles. The van der Waals surface area contributed by atoms with Crippen molar-refractivity contribution in [2.24, 2.45) is 5.10 Å². The van der Waals surface area contributed by atoms with Crippen molar-refractivity contribution in [1.29, 1.82) is 0 Å². The number of rotatable bonds is 5. The highest BCUT2D eigenvalue weighted by Crippen LogP contribution is 2.27. The summed E-state index contributed by atoms with van der Waals surface area (Å²) in [6, 6.07) is 11.1. The molecule has 0 saturated heterocycles. The Balaban J connectivity index is 1.84. The SMILES string of the molecule is O=C(COc1ccc(Br)cc1Cl)NN=Cc1ccccc1F. The predicted molar refractivity (Wildman–Crippen MR) is 86.8 cm³/mol. The molecule has 0 heterocycles. The molecule has 0 saturated carbocycles. The average molecular weight is 386 g/mol. The van der Waals surface area contributed by atoms with Gasteiger partial charge in [-0.25, -0.2) is 9.82 Å². The standard InChI is InChI=1S/C15H11BrClFN2O2/c16-11-5-6-14(12(17)7-11)22-9-15(21)20-19-8-10-3-1-2-4-13(10)18/h1-8H,9H2,(H,20,21). The minimum Gasteiger partial charge on any atom is -0.482 e. The molecule has 0 bridgehead atoms. The molecule has 4 nitrogen and oxygen atoms in total. The van der Waals surface area contributed by atoms with Gasteiger partial charge in [0, 0.05) is 10.0 Å². The topological polar surface area (TPSA) is 50.7 Å². The Morgan fingerprint density at radius 2 is 2.14 bits per heavy atom. The highest BCUT2D eigenvalue weighted by atomic mass is 79.9. The largest absolute Gasteiger partial charge is 0.482 e. The summed E-state index contributed by atoms with van der Waals surface area (Å²) >= 11 is 9.23. The van der Waals surface area contributed by atoms with Crippen molar-refractivity contribution in [3.05, 3.63) is 63.3 Å². The van der Waals surface area contributed by atoms with Gasteiger partial charge in [0.15, 0.2) is 6.61 Å². The zero-order valence-electron chi connectivity index (χ0n) is 11.2. The van der Waals surface area contributed by atoms with Crippen LogP contribution in [0.5, 0.6) is 5.75 Å². The van der Waals surface area contributed by atoms with Gasteiger partial charge in [-0.05, 0) is 24.3 Å². The lowest BCUT2D eigenvalue weighted by Crippen LogP contribution is -2.24. The number of nitrogens with zero attached hydrogens (tertiary/aromatic N) is 1. The van der Waals surface area contributed by atoms with Crippen LogP contribution in [-0.2, 0) is 4.79 Å². The van der Waals surface area contributed by atoms with E-state index in [9.17, 15) is 9.18 Å². The van der Waals surface area contributed by atoms with Crippen LogP contribution in [0.3, 0.4) is 0 Å². The number of amides is 1. The van der Waals surface area contributed by atoms with Crippen molar-refractivity contribution in [3.63, 3.8) is 0 Å². The average Bonchev–Trinajstić information content (AvgIpc) is 2.48. The Morgan fingerprint density at radius 3 is 2.86 bits per heavy atom. The van der Waals surface area contributed by atoms with Crippen molar-refractivity contribution in [2.45, 2.75) is 0 Å². The van der Waals surface area contributed by atoms with Crippen LogP contribution in [0.25, 0.3) is 0 Å². The minimum absolute atomic E-state index is 0.254. The van der Waals surface area contributed by atoms with Crippen LogP contribution in [-0.4, -0.2) is 18.7 Å². The summed E-state index contributed by atoms with van der Waals surface area (Å²) in [7, 11) is 0. The molecule has 22 heavy (non-hydrogen) atoms. The van der Waals surface area contributed by atoms with E-state index in [-0.39, 0.29) is 12.2 Å². The third-order valence-corrected chi connectivity index (χ3v) is 3.34. The lowest BCUT2D eigenvalue weighted by atomic mass is 10.2. The van der Waals surface area contributed by atoms with Gasteiger partial charge in [0.25, 0.3) is 5.91 Å². The molecule has 7 heteroatoms. The smallest absolute Gasteiger partial charge is 0.277 e. The number of halogens is 3. The molecule has 2 aromatic carbocycles. The number of hydrogen-bond acceptors (Lipinski definition) is 3. The van der Waals surface area contributed by atoms with Gasteiger partial charge in [-0.1, -0.05) is 45.7 Å². The summed E-state index contributed by atoms with van der Waals surface area (Å²) in [5, 5.41) is 4.05. The van der Waals surface area contributed by atoms with E-state index in [1.54, 1.807) is 36.4 Å². The first-order valence-electron chi connectivity index (χ1n) is 6.20. The van der Waals surface area contributed by atoms with Gasteiger partial charge in [-0.3, -0.25) is 4.79 Å². The zero-order valence-corrected chi connectivity index (χ0v) is 13.6. The molecule has 0 aromatic heterocycles. The molecule has 0 fully saturated rings. The second kappa shape index (κ2) is 7.91. The number of hydrazone groups is 1.